The van der Waals surface area contributed by atoms with Crippen molar-refractivity contribution < 1.29 is 14.3 Å². The molecule has 8 nitrogen and oxygen atoms in total. The Hall–Kier alpha value is -3.94. The van der Waals surface area contributed by atoms with E-state index in [1.54, 1.807) is 29.1 Å². The largest absolute Gasteiger partial charge is 0.464 e. The molecule has 1 amide bonds. The number of nitrogens with one attached hydrogen (secondary N) is 2. The average molecular weight is 361 g/mol. The minimum atomic E-state index is -0.547. The molecule has 0 saturated heterocycles. The second-order valence-electron chi connectivity index (χ2n) is 5.79. The number of para-hydroxylation sites is 1. The first kappa shape index (κ1) is 16.5. The number of hydrogen-bond donors (Lipinski definition) is 2. The highest BCUT2D eigenvalue weighted by Crippen LogP contribution is 2.22. The summed E-state index contributed by atoms with van der Waals surface area (Å²) in [5.74, 6) is -0.853. The predicted molar refractivity (Wildman–Crippen MR) is 99.0 cm³/mol. The molecule has 0 atom stereocenters. The third-order valence-electron chi connectivity index (χ3n) is 4.06. The van der Waals surface area contributed by atoms with Crippen molar-refractivity contribution in [3.05, 3.63) is 72.2 Å². The molecule has 27 heavy (non-hydrogen) atoms. The quantitative estimate of drug-likeness (QED) is 0.544. The lowest BCUT2D eigenvalue weighted by molar-refractivity contribution is 0.0596. The van der Waals surface area contributed by atoms with E-state index in [4.69, 9.17) is 4.74 Å². The Labute approximate surface area is 153 Å². The van der Waals surface area contributed by atoms with Crippen LogP contribution >= 0.6 is 0 Å². The van der Waals surface area contributed by atoms with Crippen LogP contribution in [-0.4, -0.2) is 39.0 Å². The van der Waals surface area contributed by atoms with Gasteiger partial charge in [0.2, 0.25) is 0 Å². The van der Waals surface area contributed by atoms with E-state index >= 15 is 0 Å². The number of hydrogen-bond acceptors (Lipinski definition) is 5. The summed E-state index contributed by atoms with van der Waals surface area (Å²) in [7, 11) is 1.29. The first-order chi connectivity index (χ1) is 13.2. The summed E-state index contributed by atoms with van der Waals surface area (Å²) in [6.45, 7) is 0. The smallest absolute Gasteiger partial charge is 0.359 e. The minimum Gasteiger partial charge on any atom is -0.464 e. The minimum absolute atomic E-state index is 0.167. The molecule has 2 N–H and O–H groups in total. The Morgan fingerprint density at radius 3 is 2.74 bits per heavy atom. The summed E-state index contributed by atoms with van der Waals surface area (Å²) in [5.41, 5.74) is 2.65. The number of methoxy groups -OCH3 is 1. The number of anilines is 1. The number of aromatic nitrogens is 4. The van der Waals surface area contributed by atoms with Crippen molar-refractivity contribution in [2.45, 2.75) is 0 Å². The van der Waals surface area contributed by atoms with Gasteiger partial charge in [-0.25, -0.2) is 9.48 Å². The zero-order chi connectivity index (χ0) is 18.8. The van der Waals surface area contributed by atoms with E-state index in [0.717, 1.165) is 5.69 Å². The van der Waals surface area contributed by atoms with Crippen LogP contribution in [0.5, 0.6) is 0 Å². The number of amides is 1. The fourth-order valence-corrected chi connectivity index (χ4v) is 2.71. The number of carbonyl (C=O) groups is 2. The van der Waals surface area contributed by atoms with Gasteiger partial charge in [0, 0.05) is 17.3 Å². The van der Waals surface area contributed by atoms with E-state index in [-0.39, 0.29) is 11.6 Å². The molecule has 0 aliphatic heterocycles. The highest BCUT2D eigenvalue weighted by molar-refractivity contribution is 6.07. The molecule has 0 aliphatic rings. The lowest BCUT2D eigenvalue weighted by Gasteiger charge is -2.04. The van der Waals surface area contributed by atoms with Crippen molar-refractivity contribution in [2.24, 2.45) is 0 Å². The van der Waals surface area contributed by atoms with Crippen LogP contribution in [0.25, 0.3) is 16.6 Å². The highest BCUT2D eigenvalue weighted by Gasteiger charge is 2.16. The van der Waals surface area contributed by atoms with Crippen LogP contribution in [-0.2, 0) is 4.74 Å². The van der Waals surface area contributed by atoms with Crippen LogP contribution in [0.2, 0.25) is 0 Å². The standard InChI is InChI=1S/C19H15N5O3/c1-27-19(26)17-15-9-13(7-8-16(15)22-23-17)21-18(25)12-10-20-24(11-12)14-5-3-2-4-6-14/h2-11H,1H3,(H,21,25)(H,22,23). The molecule has 0 radical (unpaired) electrons. The van der Waals surface area contributed by atoms with Crippen molar-refractivity contribution in [3.8, 4) is 5.69 Å². The van der Waals surface area contributed by atoms with Crippen LogP contribution in [0.15, 0.2) is 60.9 Å². The molecule has 0 fully saturated rings. The zero-order valence-corrected chi connectivity index (χ0v) is 14.3. The molecular weight excluding hydrogens is 346 g/mol. The number of benzene rings is 2. The van der Waals surface area contributed by atoms with Crippen molar-refractivity contribution >= 4 is 28.5 Å². The molecule has 0 aliphatic carbocycles. The first-order valence-corrected chi connectivity index (χ1v) is 8.13. The van der Waals surface area contributed by atoms with Crippen molar-refractivity contribution in [2.75, 3.05) is 12.4 Å². The number of nitrogens with zero attached hydrogens (tertiary/aromatic N) is 3. The fraction of sp³-hybridized carbons (Fsp3) is 0.0526. The summed E-state index contributed by atoms with van der Waals surface area (Å²) in [6.07, 6.45) is 3.15. The Morgan fingerprint density at radius 2 is 1.96 bits per heavy atom. The van der Waals surface area contributed by atoms with Gasteiger partial charge in [-0.2, -0.15) is 10.2 Å². The molecule has 0 unspecified atom stereocenters. The number of ether oxygens (including phenoxy) is 1. The Balaban J connectivity index is 1.58. The fourth-order valence-electron chi connectivity index (χ4n) is 2.71. The molecule has 4 aromatic rings. The van der Waals surface area contributed by atoms with Crippen LogP contribution in [0.1, 0.15) is 20.8 Å². The van der Waals surface area contributed by atoms with Crippen molar-refractivity contribution in [1.82, 2.24) is 20.0 Å². The number of aromatic amines is 1. The van der Waals surface area contributed by atoms with E-state index in [1.165, 1.54) is 13.3 Å². The van der Waals surface area contributed by atoms with Gasteiger partial charge < -0.3 is 10.1 Å². The number of H-pyrrole nitrogens is 1. The molecule has 0 spiro atoms. The third kappa shape index (κ3) is 3.15. The molecule has 2 aromatic carbocycles. The van der Waals surface area contributed by atoms with Gasteiger partial charge in [0.05, 0.1) is 30.1 Å². The topological polar surface area (TPSA) is 102 Å². The van der Waals surface area contributed by atoms with Crippen LogP contribution < -0.4 is 5.32 Å². The molecule has 134 valence electrons. The summed E-state index contributed by atoms with van der Waals surface area (Å²) in [6, 6.07) is 14.6. The second-order valence-corrected chi connectivity index (χ2v) is 5.79. The number of fused-ring (bicyclic) bond motifs is 1. The number of carbonyl (C=O) groups excluding carboxylic acids is 2. The maximum Gasteiger partial charge on any atom is 0.359 e. The average Bonchev–Trinajstić information content (AvgIpc) is 3.35. The van der Waals surface area contributed by atoms with Crippen LogP contribution in [0.3, 0.4) is 0 Å². The van der Waals surface area contributed by atoms with Gasteiger partial charge in [0.25, 0.3) is 5.91 Å². The number of rotatable bonds is 4. The summed E-state index contributed by atoms with van der Waals surface area (Å²) < 4.78 is 6.35. The van der Waals surface area contributed by atoms with E-state index < -0.39 is 5.97 Å². The zero-order valence-electron chi connectivity index (χ0n) is 14.3. The van der Waals surface area contributed by atoms with E-state index in [2.05, 4.69) is 20.6 Å². The SMILES string of the molecule is COC(=O)c1n[nH]c2ccc(NC(=O)c3cnn(-c4ccccc4)c3)cc12. The third-order valence-corrected chi connectivity index (χ3v) is 4.06. The van der Waals surface area contributed by atoms with Crippen molar-refractivity contribution in [3.63, 3.8) is 0 Å². The molecule has 2 aromatic heterocycles. The Kier molecular flexibility index (Phi) is 4.13. The van der Waals surface area contributed by atoms with Crippen LogP contribution in [0.4, 0.5) is 5.69 Å². The molecule has 8 heteroatoms. The molecular formula is C19H15N5O3. The molecule has 0 saturated carbocycles. The molecule has 0 bridgehead atoms. The Morgan fingerprint density at radius 1 is 1.15 bits per heavy atom. The van der Waals surface area contributed by atoms with Crippen molar-refractivity contribution in [1.29, 1.82) is 0 Å². The van der Waals surface area contributed by atoms with Gasteiger partial charge in [-0.1, -0.05) is 18.2 Å². The van der Waals surface area contributed by atoms with Gasteiger partial charge in [0.15, 0.2) is 5.69 Å². The van der Waals surface area contributed by atoms with Crippen LogP contribution in [0, 0.1) is 0 Å². The second kappa shape index (κ2) is 6.75. The van der Waals surface area contributed by atoms with Gasteiger partial charge in [-0.05, 0) is 30.3 Å². The summed E-state index contributed by atoms with van der Waals surface area (Å²) >= 11 is 0. The highest BCUT2D eigenvalue weighted by atomic mass is 16.5. The van der Waals surface area contributed by atoms with Gasteiger partial charge >= 0.3 is 5.97 Å². The van der Waals surface area contributed by atoms with Gasteiger partial charge in [-0.3, -0.25) is 9.89 Å². The first-order valence-electron chi connectivity index (χ1n) is 8.13. The monoisotopic (exact) mass is 361 g/mol. The lowest BCUT2D eigenvalue weighted by atomic mass is 10.2. The summed E-state index contributed by atoms with van der Waals surface area (Å²) in [4.78, 5) is 24.3. The maximum absolute atomic E-state index is 12.5. The van der Waals surface area contributed by atoms with E-state index in [0.29, 0.717) is 22.2 Å². The van der Waals surface area contributed by atoms with E-state index in [9.17, 15) is 9.59 Å². The number of esters is 1. The maximum atomic E-state index is 12.5. The van der Waals surface area contributed by atoms with E-state index in [1.807, 2.05) is 30.3 Å². The predicted octanol–water partition coefficient (Wildman–Crippen LogP) is 2.79. The van der Waals surface area contributed by atoms with Gasteiger partial charge in [-0.15, -0.1) is 0 Å². The summed E-state index contributed by atoms with van der Waals surface area (Å²) in [5, 5.41) is 14.3. The normalized spacial score (nSPS) is 10.7. The van der Waals surface area contributed by atoms with Gasteiger partial charge in [0.1, 0.15) is 0 Å². The lowest BCUT2D eigenvalue weighted by Crippen LogP contribution is -2.11. The Bertz CT molecular complexity index is 1130. The molecule has 2 heterocycles. The molecule has 4 rings (SSSR count).